The molecule has 0 heterocycles. The number of hydrogen-bond donors (Lipinski definition) is 1. The number of hydrogen-bond acceptors (Lipinski definition) is 2. The van der Waals surface area contributed by atoms with Gasteiger partial charge in [0.05, 0.1) is 12.3 Å². The summed E-state index contributed by atoms with van der Waals surface area (Å²) in [5, 5.41) is 2.56. The molecule has 23 heavy (non-hydrogen) atoms. The minimum atomic E-state index is -0.451. The fourth-order valence-electron chi connectivity index (χ4n) is 2.18. The summed E-state index contributed by atoms with van der Waals surface area (Å²) in [4.78, 5) is 12.1. The van der Waals surface area contributed by atoms with Crippen molar-refractivity contribution in [3.63, 3.8) is 0 Å². The maximum Gasteiger partial charge on any atom is 0.255 e. The molecule has 0 saturated carbocycles. The van der Waals surface area contributed by atoms with Gasteiger partial charge < -0.3 is 10.1 Å². The van der Waals surface area contributed by atoms with E-state index in [1.54, 1.807) is 36.4 Å². The highest BCUT2D eigenvalue weighted by Crippen LogP contribution is 2.16. The molecule has 2 aromatic carbocycles. The Morgan fingerprint density at radius 1 is 1.04 bits per heavy atom. The summed E-state index contributed by atoms with van der Waals surface area (Å²) in [5.41, 5.74) is 0.639. The van der Waals surface area contributed by atoms with E-state index in [4.69, 9.17) is 4.74 Å². The molecule has 3 nitrogen and oxygen atoms in total. The van der Waals surface area contributed by atoms with E-state index in [-0.39, 0.29) is 11.6 Å². The summed E-state index contributed by atoms with van der Waals surface area (Å²) in [6, 6.07) is 13.0. The number of unbranched alkanes of at least 4 members (excludes halogenated alkanes) is 3. The Morgan fingerprint density at radius 2 is 1.78 bits per heavy atom. The second kappa shape index (κ2) is 8.93. The molecule has 0 aromatic heterocycles. The van der Waals surface area contributed by atoms with E-state index in [1.807, 2.05) is 0 Å². The number of ether oxygens (including phenoxy) is 1. The van der Waals surface area contributed by atoms with Crippen molar-refractivity contribution in [3.8, 4) is 5.75 Å². The van der Waals surface area contributed by atoms with Gasteiger partial charge in [0.15, 0.2) is 0 Å². The van der Waals surface area contributed by atoms with Crippen molar-refractivity contribution >= 4 is 11.6 Å². The molecule has 122 valence electrons. The largest absolute Gasteiger partial charge is 0.494 e. The Hall–Kier alpha value is -2.36. The van der Waals surface area contributed by atoms with Gasteiger partial charge in [-0.15, -0.1) is 0 Å². The van der Waals surface area contributed by atoms with Crippen LogP contribution in [-0.4, -0.2) is 12.5 Å². The second-order valence-electron chi connectivity index (χ2n) is 5.37. The Balaban J connectivity index is 1.86. The zero-order chi connectivity index (χ0) is 16.5. The lowest BCUT2D eigenvalue weighted by Gasteiger charge is -2.08. The van der Waals surface area contributed by atoms with Crippen LogP contribution in [0.1, 0.15) is 43.0 Å². The first-order valence-electron chi connectivity index (χ1n) is 7.99. The Bertz CT molecular complexity index is 626. The van der Waals surface area contributed by atoms with Gasteiger partial charge in [-0.3, -0.25) is 4.79 Å². The lowest BCUT2D eigenvalue weighted by atomic mass is 10.2. The minimum Gasteiger partial charge on any atom is -0.494 e. The second-order valence-corrected chi connectivity index (χ2v) is 5.37. The first-order chi connectivity index (χ1) is 11.2. The number of nitrogens with one attached hydrogen (secondary N) is 1. The van der Waals surface area contributed by atoms with Crippen molar-refractivity contribution in [2.24, 2.45) is 0 Å². The predicted octanol–water partition coefficient (Wildman–Crippen LogP) is 5.04. The zero-order valence-electron chi connectivity index (χ0n) is 13.3. The average Bonchev–Trinajstić information content (AvgIpc) is 2.57. The average molecular weight is 315 g/mol. The van der Waals surface area contributed by atoms with E-state index in [2.05, 4.69) is 12.2 Å². The van der Waals surface area contributed by atoms with Crippen LogP contribution in [0, 0.1) is 5.82 Å². The van der Waals surface area contributed by atoms with E-state index in [0.717, 1.165) is 12.2 Å². The molecule has 0 atom stereocenters. The summed E-state index contributed by atoms with van der Waals surface area (Å²) in [6.45, 7) is 2.85. The fourth-order valence-corrected chi connectivity index (χ4v) is 2.18. The van der Waals surface area contributed by atoms with Gasteiger partial charge >= 0.3 is 0 Å². The van der Waals surface area contributed by atoms with Gasteiger partial charge in [0.1, 0.15) is 11.6 Å². The number of benzene rings is 2. The summed E-state index contributed by atoms with van der Waals surface area (Å²) in [6.07, 6.45) is 4.62. The number of carbonyl (C=O) groups excluding carboxylic acids is 1. The summed E-state index contributed by atoms with van der Waals surface area (Å²) < 4.78 is 19.2. The standard InChI is InChI=1S/C19H22FNO2/c1-2-3-4-7-14-23-16-12-10-15(11-13-16)19(22)21-18-9-6-5-8-17(18)20/h5-6,8-13H,2-4,7,14H2,1H3,(H,21,22). The highest BCUT2D eigenvalue weighted by molar-refractivity contribution is 6.04. The molecule has 0 fully saturated rings. The minimum absolute atomic E-state index is 0.175. The van der Waals surface area contributed by atoms with Crippen LogP contribution in [0.3, 0.4) is 0 Å². The Labute approximate surface area is 136 Å². The van der Waals surface area contributed by atoms with Crippen LogP contribution in [0.25, 0.3) is 0 Å². The van der Waals surface area contributed by atoms with Crippen molar-refractivity contribution in [2.45, 2.75) is 32.6 Å². The first-order valence-corrected chi connectivity index (χ1v) is 7.99. The van der Waals surface area contributed by atoms with E-state index in [1.165, 1.54) is 31.4 Å². The molecule has 4 heteroatoms. The van der Waals surface area contributed by atoms with Crippen molar-refractivity contribution in [2.75, 3.05) is 11.9 Å². The molecular weight excluding hydrogens is 293 g/mol. The third-order valence-electron chi connectivity index (χ3n) is 3.51. The maximum absolute atomic E-state index is 13.5. The van der Waals surface area contributed by atoms with Gasteiger partial charge in [-0.05, 0) is 42.8 Å². The molecule has 1 N–H and O–H groups in total. The first kappa shape index (κ1) is 17.0. The molecule has 0 aliphatic rings. The van der Waals surface area contributed by atoms with Crippen molar-refractivity contribution in [1.29, 1.82) is 0 Å². The molecular formula is C19H22FNO2. The molecule has 0 aliphatic carbocycles. The van der Waals surface area contributed by atoms with Crippen LogP contribution >= 0.6 is 0 Å². The SMILES string of the molecule is CCCCCCOc1ccc(C(=O)Nc2ccccc2F)cc1. The molecule has 2 rings (SSSR count). The predicted molar refractivity (Wildman–Crippen MR) is 90.4 cm³/mol. The molecule has 1 amide bonds. The molecule has 0 spiro atoms. The number of rotatable bonds is 8. The highest BCUT2D eigenvalue weighted by atomic mass is 19.1. The molecule has 0 unspecified atom stereocenters. The summed E-state index contributed by atoms with van der Waals surface area (Å²) in [5.74, 6) is -0.0542. The van der Waals surface area contributed by atoms with Gasteiger partial charge in [0, 0.05) is 5.56 Å². The number of para-hydroxylation sites is 1. The van der Waals surface area contributed by atoms with Crippen molar-refractivity contribution in [3.05, 3.63) is 59.9 Å². The van der Waals surface area contributed by atoms with Crippen molar-refractivity contribution < 1.29 is 13.9 Å². The van der Waals surface area contributed by atoms with Gasteiger partial charge in [-0.25, -0.2) is 4.39 Å². The summed E-state index contributed by atoms with van der Waals surface area (Å²) >= 11 is 0. The number of anilines is 1. The van der Waals surface area contributed by atoms with Crippen LogP contribution < -0.4 is 10.1 Å². The van der Waals surface area contributed by atoms with Gasteiger partial charge in [0.25, 0.3) is 5.91 Å². The fraction of sp³-hybridized carbons (Fsp3) is 0.316. The molecule has 0 bridgehead atoms. The maximum atomic E-state index is 13.5. The lowest BCUT2D eigenvalue weighted by Crippen LogP contribution is -2.12. The number of halogens is 1. The van der Waals surface area contributed by atoms with E-state index >= 15 is 0 Å². The smallest absolute Gasteiger partial charge is 0.255 e. The number of carbonyl (C=O) groups is 1. The van der Waals surface area contributed by atoms with E-state index < -0.39 is 5.82 Å². The molecule has 0 saturated heterocycles. The quantitative estimate of drug-likeness (QED) is 0.693. The summed E-state index contributed by atoms with van der Waals surface area (Å²) in [7, 11) is 0. The molecule has 0 radical (unpaired) electrons. The van der Waals surface area contributed by atoms with Crippen LogP contribution in [0.4, 0.5) is 10.1 Å². The lowest BCUT2D eigenvalue weighted by molar-refractivity contribution is 0.102. The Morgan fingerprint density at radius 3 is 2.48 bits per heavy atom. The molecule has 2 aromatic rings. The molecule has 0 aliphatic heterocycles. The monoisotopic (exact) mass is 315 g/mol. The van der Waals surface area contributed by atoms with Crippen LogP contribution in [-0.2, 0) is 0 Å². The zero-order valence-corrected chi connectivity index (χ0v) is 13.3. The van der Waals surface area contributed by atoms with Crippen LogP contribution in [0.5, 0.6) is 5.75 Å². The van der Waals surface area contributed by atoms with E-state index in [0.29, 0.717) is 12.2 Å². The van der Waals surface area contributed by atoms with Crippen molar-refractivity contribution in [1.82, 2.24) is 0 Å². The van der Waals surface area contributed by atoms with Crippen LogP contribution in [0.2, 0.25) is 0 Å². The van der Waals surface area contributed by atoms with Gasteiger partial charge in [0.2, 0.25) is 0 Å². The highest BCUT2D eigenvalue weighted by Gasteiger charge is 2.08. The van der Waals surface area contributed by atoms with Crippen LogP contribution in [0.15, 0.2) is 48.5 Å². The number of amides is 1. The topological polar surface area (TPSA) is 38.3 Å². The normalized spacial score (nSPS) is 10.3. The van der Waals surface area contributed by atoms with Gasteiger partial charge in [-0.1, -0.05) is 38.3 Å². The third kappa shape index (κ3) is 5.40. The third-order valence-corrected chi connectivity index (χ3v) is 3.51. The Kier molecular flexibility index (Phi) is 6.60. The van der Waals surface area contributed by atoms with E-state index in [9.17, 15) is 9.18 Å². The van der Waals surface area contributed by atoms with Gasteiger partial charge in [-0.2, -0.15) is 0 Å².